The Morgan fingerprint density at radius 1 is 1.06 bits per heavy atom. The standard InChI is InChI=1S/C14H17N3S/c1-11-10-15-14(18)17(11)13-6-4-12(5-7-13)16-8-2-3-9-16/h4-7,10H,2-3,8-9H2,1H3,(H,15,18). The number of H-pyrrole nitrogens is 1. The Labute approximate surface area is 112 Å². The third-order valence-corrected chi connectivity index (χ3v) is 3.84. The largest absolute Gasteiger partial charge is 0.372 e. The summed E-state index contributed by atoms with van der Waals surface area (Å²) in [7, 11) is 0. The molecule has 18 heavy (non-hydrogen) atoms. The van der Waals surface area contributed by atoms with Crippen LogP contribution in [0.1, 0.15) is 18.5 Å². The Morgan fingerprint density at radius 2 is 1.67 bits per heavy atom. The van der Waals surface area contributed by atoms with E-state index in [4.69, 9.17) is 12.2 Å². The molecular formula is C14H17N3S. The molecule has 0 amide bonds. The van der Waals surface area contributed by atoms with E-state index in [1.54, 1.807) is 0 Å². The summed E-state index contributed by atoms with van der Waals surface area (Å²) in [4.78, 5) is 5.51. The summed E-state index contributed by atoms with van der Waals surface area (Å²) >= 11 is 5.29. The first-order valence-electron chi connectivity index (χ1n) is 6.38. The van der Waals surface area contributed by atoms with Crippen LogP contribution < -0.4 is 4.90 Å². The summed E-state index contributed by atoms with van der Waals surface area (Å²) in [6.07, 6.45) is 4.56. The van der Waals surface area contributed by atoms with Crippen LogP contribution in [0.25, 0.3) is 5.69 Å². The summed E-state index contributed by atoms with van der Waals surface area (Å²) in [6.45, 7) is 4.42. The van der Waals surface area contributed by atoms with Crippen molar-refractivity contribution in [1.82, 2.24) is 9.55 Å². The zero-order chi connectivity index (χ0) is 12.5. The van der Waals surface area contributed by atoms with Crippen molar-refractivity contribution in [2.75, 3.05) is 18.0 Å². The Hall–Kier alpha value is -1.55. The van der Waals surface area contributed by atoms with Gasteiger partial charge in [0.25, 0.3) is 0 Å². The maximum Gasteiger partial charge on any atom is 0.182 e. The molecular weight excluding hydrogens is 242 g/mol. The molecule has 1 N–H and O–H groups in total. The monoisotopic (exact) mass is 259 g/mol. The lowest BCUT2D eigenvalue weighted by Crippen LogP contribution is -2.17. The maximum absolute atomic E-state index is 5.29. The number of anilines is 1. The molecule has 3 rings (SSSR count). The number of imidazole rings is 1. The fraction of sp³-hybridized carbons (Fsp3) is 0.357. The minimum absolute atomic E-state index is 0.751. The Bertz CT molecular complexity index is 588. The molecule has 0 unspecified atom stereocenters. The molecule has 4 heteroatoms. The zero-order valence-corrected chi connectivity index (χ0v) is 11.3. The molecule has 1 fully saturated rings. The fourth-order valence-corrected chi connectivity index (χ4v) is 2.87. The van der Waals surface area contributed by atoms with Gasteiger partial charge in [-0.2, -0.15) is 0 Å². The van der Waals surface area contributed by atoms with Gasteiger partial charge in [-0.25, -0.2) is 0 Å². The number of aryl methyl sites for hydroxylation is 1. The van der Waals surface area contributed by atoms with Crippen molar-refractivity contribution in [2.45, 2.75) is 19.8 Å². The van der Waals surface area contributed by atoms with Crippen LogP contribution in [0.3, 0.4) is 0 Å². The van der Waals surface area contributed by atoms with E-state index in [9.17, 15) is 0 Å². The van der Waals surface area contributed by atoms with Gasteiger partial charge in [-0.3, -0.25) is 4.57 Å². The van der Waals surface area contributed by atoms with Gasteiger partial charge in [-0.15, -0.1) is 0 Å². The molecule has 1 aromatic heterocycles. The van der Waals surface area contributed by atoms with Crippen molar-refractivity contribution in [2.24, 2.45) is 0 Å². The van der Waals surface area contributed by atoms with Gasteiger partial charge in [0, 0.05) is 36.4 Å². The summed E-state index contributed by atoms with van der Waals surface area (Å²) < 4.78 is 2.81. The molecule has 1 aromatic carbocycles. The van der Waals surface area contributed by atoms with Crippen LogP contribution in [0.2, 0.25) is 0 Å². The molecule has 0 spiro atoms. The van der Waals surface area contributed by atoms with Gasteiger partial charge in [-0.1, -0.05) is 0 Å². The molecule has 3 nitrogen and oxygen atoms in total. The van der Waals surface area contributed by atoms with Gasteiger partial charge in [0.1, 0.15) is 0 Å². The molecule has 0 atom stereocenters. The van der Waals surface area contributed by atoms with Crippen LogP contribution >= 0.6 is 12.2 Å². The predicted molar refractivity (Wildman–Crippen MR) is 77.1 cm³/mol. The quantitative estimate of drug-likeness (QED) is 0.835. The number of nitrogens with zero attached hydrogens (tertiary/aromatic N) is 2. The minimum atomic E-state index is 0.751. The van der Waals surface area contributed by atoms with Crippen LogP contribution in [0.15, 0.2) is 30.5 Å². The van der Waals surface area contributed by atoms with Crippen LogP contribution in [0, 0.1) is 11.7 Å². The minimum Gasteiger partial charge on any atom is -0.372 e. The summed E-state index contributed by atoms with van der Waals surface area (Å²) in [5, 5.41) is 0. The van der Waals surface area contributed by atoms with E-state index in [1.807, 2.05) is 6.20 Å². The fourth-order valence-electron chi connectivity index (χ4n) is 2.56. The number of hydrogen-bond donors (Lipinski definition) is 1. The van der Waals surface area contributed by atoms with E-state index < -0.39 is 0 Å². The Kier molecular flexibility index (Phi) is 2.96. The average Bonchev–Trinajstić information content (AvgIpc) is 3.01. The second-order valence-corrected chi connectivity index (χ2v) is 5.17. The molecule has 0 saturated carbocycles. The molecule has 2 aromatic rings. The van der Waals surface area contributed by atoms with E-state index in [0.29, 0.717) is 0 Å². The Balaban J connectivity index is 1.93. The summed E-state index contributed by atoms with van der Waals surface area (Å²) in [5.41, 5.74) is 3.58. The summed E-state index contributed by atoms with van der Waals surface area (Å²) in [5.74, 6) is 0. The third-order valence-electron chi connectivity index (χ3n) is 3.54. The number of rotatable bonds is 2. The van der Waals surface area contributed by atoms with Crippen LogP contribution in [0.4, 0.5) is 5.69 Å². The number of benzene rings is 1. The van der Waals surface area contributed by atoms with Crippen LogP contribution in [-0.2, 0) is 0 Å². The highest BCUT2D eigenvalue weighted by Gasteiger charge is 2.12. The average molecular weight is 259 g/mol. The molecule has 0 radical (unpaired) electrons. The van der Waals surface area contributed by atoms with Gasteiger partial charge in [0.05, 0.1) is 0 Å². The number of aromatic amines is 1. The van der Waals surface area contributed by atoms with Crippen molar-refractivity contribution in [3.05, 3.63) is 40.9 Å². The second-order valence-electron chi connectivity index (χ2n) is 4.78. The third kappa shape index (κ3) is 1.97. The van der Waals surface area contributed by atoms with Gasteiger partial charge in [0.2, 0.25) is 0 Å². The summed E-state index contributed by atoms with van der Waals surface area (Å²) in [6, 6.07) is 8.66. The van der Waals surface area contributed by atoms with Gasteiger partial charge in [-0.05, 0) is 56.2 Å². The lowest BCUT2D eigenvalue weighted by Gasteiger charge is -2.18. The highest BCUT2D eigenvalue weighted by molar-refractivity contribution is 7.71. The van der Waals surface area contributed by atoms with Crippen molar-refractivity contribution in [3.8, 4) is 5.69 Å². The highest BCUT2D eigenvalue weighted by Crippen LogP contribution is 2.22. The van der Waals surface area contributed by atoms with Gasteiger partial charge in [0.15, 0.2) is 4.77 Å². The SMILES string of the molecule is Cc1c[nH]c(=S)n1-c1ccc(N2CCCC2)cc1. The van der Waals surface area contributed by atoms with Gasteiger partial charge >= 0.3 is 0 Å². The molecule has 0 aliphatic carbocycles. The molecule has 94 valence electrons. The maximum atomic E-state index is 5.29. The lowest BCUT2D eigenvalue weighted by molar-refractivity contribution is 0.949. The van der Waals surface area contributed by atoms with Crippen molar-refractivity contribution in [1.29, 1.82) is 0 Å². The highest BCUT2D eigenvalue weighted by atomic mass is 32.1. The molecule has 2 heterocycles. The molecule has 1 aliphatic rings. The topological polar surface area (TPSA) is 24.0 Å². The van der Waals surface area contributed by atoms with Crippen molar-refractivity contribution < 1.29 is 0 Å². The van der Waals surface area contributed by atoms with E-state index in [-0.39, 0.29) is 0 Å². The molecule has 1 aliphatic heterocycles. The van der Waals surface area contributed by atoms with E-state index in [1.165, 1.54) is 31.6 Å². The number of nitrogens with one attached hydrogen (secondary N) is 1. The Morgan fingerprint density at radius 3 is 2.22 bits per heavy atom. The zero-order valence-electron chi connectivity index (χ0n) is 10.5. The smallest absolute Gasteiger partial charge is 0.182 e. The van der Waals surface area contributed by atoms with Crippen LogP contribution in [-0.4, -0.2) is 22.6 Å². The van der Waals surface area contributed by atoms with E-state index >= 15 is 0 Å². The second kappa shape index (κ2) is 4.61. The normalized spacial score (nSPS) is 15.3. The number of hydrogen-bond acceptors (Lipinski definition) is 2. The molecule has 1 saturated heterocycles. The van der Waals surface area contributed by atoms with Crippen molar-refractivity contribution in [3.63, 3.8) is 0 Å². The lowest BCUT2D eigenvalue weighted by atomic mass is 10.2. The molecule has 0 bridgehead atoms. The van der Waals surface area contributed by atoms with Gasteiger partial charge < -0.3 is 9.88 Å². The van der Waals surface area contributed by atoms with Crippen molar-refractivity contribution >= 4 is 17.9 Å². The first kappa shape index (κ1) is 11.5. The first-order chi connectivity index (χ1) is 8.75. The van der Waals surface area contributed by atoms with Crippen LogP contribution in [0.5, 0.6) is 0 Å². The van der Waals surface area contributed by atoms with E-state index in [2.05, 4.69) is 45.6 Å². The number of aromatic nitrogens is 2. The first-order valence-corrected chi connectivity index (χ1v) is 6.79. The van der Waals surface area contributed by atoms with E-state index in [0.717, 1.165) is 16.2 Å². The predicted octanol–water partition coefficient (Wildman–Crippen LogP) is 3.44.